The molecule has 0 bridgehead atoms. The number of halogens is 5. The van der Waals surface area contributed by atoms with Gasteiger partial charge in [-0.15, -0.1) is 10.2 Å². The van der Waals surface area contributed by atoms with Crippen LogP contribution in [0.25, 0.3) is 0 Å². The van der Waals surface area contributed by atoms with Crippen LogP contribution in [0.3, 0.4) is 0 Å². The second-order valence-electron chi connectivity index (χ2n) is 5.31. The van der Waals surface area contributed by atoms with Gasteiger partial charge in [0, 0.05) is 12.6 Å². The molecule has 2 amide bonds. The Labute approximate surface area is 155 Å². The van der Waals surface area contributed by atoms with Crippen LogP contribution >= 0.6 is 34.5 Å². The van der Waals surface area contributed by atoms with Gasteiger partial charge in [0.2, 0.25) is 10.1 Å². The first-order valence-corrected chi connectivity index (χ1v) is 8.57. The van der Waals surface area contributed by atoms with Crippen molar-refractivity contribution < 1.29 is 18.0 Å². The Morgan fingerprint density at radius 3 is 2.48 bits per heavy atom. The highest BCUT2D eigenvalue weighted by atomic mass is 35.5. The molecule has 0 fully saturated rings. The second kappa shape index (κ2) is 7.76. The maximum atomic E-state index is 12.5. The van der Waals surface area contributed by atoms with Gasteiger partial charge in [-0.2, -0.15) is 13.2 Å². The van der Waals surface area contributed by atoms with E-state index in [4.69, 9.17) is 23.2 Å². The molecule has 0 radical (unpaired) electrons. The first kappa shape index (κ1) is 19.7. The maximum absolute atomic E-state index is 12.5. The van der Waals surface area contributed by atoms with Crippen LogP contribution in [0.4, 0.5) is 23.1 Å². The molecule has 136 valence electrons. The molecule has 11 heteroatoms. The zero-order valence-corrected chi connectivity index (χ0v) is 15.4. The number of hydrogen-bond donors (Lipinski definition) is 1. The highest BCUT2D eigenvalue weighted by Crippen LogP contribution is 2.33. The highest BCUT2D eigenvalue weighted by molar-refractivity contribution is 7.15. The van der Waals surface area contributed by atoms with E-state index in [0.29, 0.717) is 10.0 Å². The molecule has 1 heterocycles. The maximum Gasteiger partial charge on any atom is 0.445 e. The van der Waals surface area contributed by atoms with Gasteiger partial charge in [-0.3, -0.25) is 5.32 Å². The minimum Gasteiger partial charge on any atom is -0.318 e. The summed E-state index contributed by atoms with van der Waals surface area (Å²) >= 11 is 12.1. The zero-order valence-electron chi connectivity index (χ0n) is 13.1. The second-order valence-corrected chi connectivity index (χ2v) is 7.10. The first-order chi connectivity index (χ1) is 11.6. The minimum absolute atomic E-state index is 0.200. The number of carbonyl (C=O) groups excluding carboxylic acids is 1. The molecular formula is C14H13Cl2F3N4OS. The Hall–Kier alpha value is -1.58. The van der Waals surface area contributed by atoms with Gasteiger partial charge in [-0.25, -0.2) is 4.79 Å². The van der Waals surface area contributed by atoms with Crippen LogP contribution in [0.5, 0.6) is 0 Å². The van der Waals surface area contributed by atoms with Crippen LogP contribution in [-0.2, 0) is 12.7 Å². The van der Waals surface area contributed by atoms with Crippen molar-refractivity contribution in [1.82, 2.24) is 15.1 Å². The third-order valence-corrected chi connectivity index (χ3v) is 4.73. The van der Waals surface area contributed by atoms with Gasteiger partial charge >= 0.3 is 12.2 Å². The van der Waals surface area contributed by atoms with E-state index >= 15 is 0 Å². The van der Waals surface area contributed by atoms with Gasteiger partial charge in [0.05, 0.1) is 10.0 Å². The number of anilines is 1. The fourth-order valence-corrected chi connectivity index (χ4v) is 2.80. The number of amides is 2. The Bertz CT molecular complexity index is 767. The van der Waals surface area contributed by atoms with Crippen molar-refractivity contribution in [2.75, 3.05) is 5.32 Å². The summed E-state index contributed by atoms with van der Waals surface area (Å²) in [6.45, 7) is 3.75. The lowest BCUT2D eigenvalue weighted by molar-refractivity contribution is -0.138. The van der Waals surface area contributed by atoms with Crippen molar-refractivity contribution in [3.8, 4) is 0 Å². The van der Waals surface area contributed by atoms with Crippen LogP contribution in [0, 0.1) is 0 Å². The molecule has 0 aliphatic heterocycles. The lowest BCUT2D eigenvalue weighted by Crippen LogP contribution is -2.39. The summed E-state index contributed by atoms with van der Waals surface area (Å²) in [5.41, 5.74) is 0.728. The molecule has 0 aliphatic rings. The quantitative estimate of drug-likeness (QED) is 0.740. The van der Waals surface area contributed by atoms with E-state index in [0.717, 1.165) is 5.56 Å². The van der Waals surface area contributed by atoms with Crippen molar-refractivity contribution in [1.29, 1.82) is 0 Å². The van der Waals surface area contributed by atoms with E-state index in [1.807, 2.05) is 0 Å². The number of benzene rings is 1. The standard InChI is InChI=1S/C14H13Cl2F3N4OS/c1-7(2)23(6-8-3-4-9(15)10(16)5-8)13(24)20-12-22-21-11(25-12)14(17,18)19/h3-5,7H,6H2,1-2H3,(H,20,22,24). The smallest absolute Gasteiger partial charge is 0.318 e. The monoisotopic (exact) mass is 412 g/mol. The largest absolute Gasteiger partial charge is 0.445 e. The summed E-state index contributed by atoms with van der Waals surface area (Å²) in [5.74, 6) is 0. The van der Waals surface area contributed by atoms with Gasteiger partial charge in [0.15, 0.2) is 0 Å². The van der Waals surface area contributed by atoms with Gasteiger partial charge in [-0.05, 0) is 31.5 Å². The molecular weight excluding hydrogens is 400 g/mol. The number of alkyl halides is 3. The van der Waals surface area contributed by atoms with Gasteiger partial charge in [0.25, 0.3) is 0 Å². The molecule has 0 unspecified atom stereocenters. The van der Waals surface area contributed by atoms with Crippen LogP contribution in [0.1, 0.15) is 24.4 Å². The SMILES string of the molecule is CC(C)N(Cc1ccc(Cl)c(Cl)c1)C(=O)Nc1nnc(C(F)(F)F)s1. The topological polar surface area (TPSA) is 58.1 Å². The van der Waals surface area contributed by atoms with E-state index in [2.05, 4.69) is 15.5 Å². The number of aromatic nitrogens is 2. The molecule has 1 aromatic carbocycles. The molecule has 5 nitrogen and oxygen atoms in total. The van der Waals surface area contributed by atoms with Gasteiger partial charge in [0.1, 0.15) is 0 Å². The van der Waals surface area contributed by atoms with E-state index in [1.54, 1.807) is 32.0 Å². The third-order valence-electron chi connectivity index (χ3n) is 3.10. The van der Waals surface area contributed by atoms with E-state index in [1.165, 1.54) is 4.90 Å². The number of hydrogen-bond acceptors (Lipinski definition) is 4. The third kappa shape index (κ3) is 5.20. The molecule has 1 aromatic heterocycles. The summed E-state index contributed by atoms with van der Waals surface area (Å²) in [6.07, 6.45) is -4.60. The van der Waals surface area contributed by atoms with Crippen LogP contribution in [0.15, 0.2) is 18.2 Å². The van der Waals surface area contributed by atoms with Crippen LogP contribution in [0.2, 0.25) is 10.0 Å². The molecule has 0 aliphatic carbocycles. The summed E-state index contributed by atoms with van der Waals surface area (Å²) in [4.78, 5) is 13.8. The number of rotatable bonds is 4. The Kier molecular flexibility index (Phi) is 6.12. The van der Waals surface area contributed by atoms with Crippen molar-refractivity contribution in [2.24, 2.45) is 0 Å². The predicted molar refractivity (Wildman–Crippen MR) is 91.1 cm³/mol. The molecule has 0 atom stereocenters. The summed E-state index contributed by atoms with van der Waals surface area (Å²) in [5, 5.41) is 8.10. The molecule has 0 spiro atoms. The molecule has 1 N–H and O–H groups in total. The highest BCUT2D eigenvalue weighted by Gasteiger charge is 2.36. The van der Waals surface area contributed by atoms with Crippen molar-refractivity contribution in [3.05, 3.63) is 38.8 Å². The number of nitrogens with one attached hydrogen (secondary N) is 1. The fourth-order valence-electron chi connectivity index (χ4n) is 1.88. The molecule has 0 saturated carbocycles. The van der Waals surface area contributed by atoms with Crippen LogP contribution in [-0.4, -0.2) is 27.2 Å². The average Bonchev–Trinajstić information content (AvgIpc) is 2.96. The summed E-state index contributed by atoms with van der Waals surface area (Å²) in [6, 6.07) is 4.13. The van der Waals surface area contributed by atoms with E-state index < -0.39 is 17.2 Å². The van der Waals surface area contributed by atoms with Crippen molar-refractivity contribution >= 4 is 45.7 Å². The van der Waals surface area contributed by atoms with Crippen molar-refractivity contribution in [2.45, 2.75) is 32.6 Å². The molecule has 25 heavy (non-hydrogen) atoms. The summed E-state index contributed by atoms with van der Waals surface area (Å²) in [7, 11) is 0. The lowest BCUT2D eigenvalue weighted by atomic mass is 10.2. The normalized spacial score (nSPS) is 11.7. The Morgan fingerprint density at radius 1 is 1.28 bits per heavy atom. The number of nitrogens with zero attached hydrogens (tertiary/aromatic N) is 3. The minimum atomic E-state index is -4.60. The Morgan fingerprint density at radius 2 is 1.96 bits per heavy atom. The zero-order chi connectivity index (χ0) is 18.8. The average molecular weight is 413 g/mol. The van der Waals surface area contributed by atoms with Gasteiger partial charge in [-0.1, -0.05) is 40.6 Å². The predicted octanol–water partition coefficient (Wildman–Crippen LogP) is 5.31. The Balaban J connectivity index is 2.12. The van der Waals surface area contributed by atoms with E-state index in [9.17, 15) is 18.0 Å². The summed E-state index contributed by atoms with van der Waals surface area (Å²) < 4.78 is 37.6. The van der Waals surface area contributed by atoms with Gasteiger partial charge < -0.3 is 4.90 Å². The van der Waals surface area contributed by atoms with Crippen LogP contribution < -0.4 is 5.32 Å². The number of urea groups is 1. The first-order valence-electron chi connectivity index (χ1n) is 7.00. The molecule has 0 saturated heterocycles. The lowest BCUT2D eigenvalue weighted by Gasteiger charge is -2.26. The fraction of sp³-hybridized carbons (Fsp3) is 0.357. The van der Waals surface area contributed by atoms with E-state index in [-0.39, 0.29) is 29.1 Å². The van der Waals surface area contributed by atoms with Crippen molar-refractivity contribution in [3.63, 3.8) is 0 Å². The molecule has 2 aromatic rings. The number of carbonyl (C=O) groups is 1. The molecule has 2 rings (SSSR count).